The maximum absolute atomic E-state index is 13.6. The van der Waals surface area contributed by atoms with Gasteiger partial charge in [-0.1, -0.05) is 20.8 Å². The zero-order valence-electron chi connectivity index (χ0n) is 15.3. The monoisotopic (exact) mass is 354 g/mol. The first-order valence-corrected chi connectivity index (χ1v) is 8.92. The van der Waals surface area contributed by atoms with Gasteiger partial charge in [-0.2, -0.15) is 0 Å². The summed E-state index contributed by atoms with van der Waals surface area (Å²) in [5.41, 5.74) is 3.42. The van der Waals surface area contributed by atoms with Gasteiger partial charge >= 0.3 is 0 Å². The van der Waals surface area contributed by atoms with Gasteiger partial charge in [0.2, 0.25) is 0 Å². The van der Waals surface area contributed by atoms with Gasteiger partial charge in [0.05, 0.1) is 5.69 Å². The van der Waals surface area contributed by atoms with Gasteiger partial charge in [0.25, 0.3) is 5.56 Å². The highest BCUT2D eigenvalue weighted by Crippen LogP contribution is 2.24. The predicted molar refractivity (Wildman–Crippen MR) is 99.6 cm³/mol. The van der Waals surface area contributed by atoms with Crippen LogP contribution in [0.1, 0.15) is 43.4 Å². The Hall–Kier alpha value is -2.47. The highest BCUT2D eigenvalue weighted by Gasteiger charge is 2.25. The summed E-state index contributed by atoms with van der Waals surface area (Å²) < 4.78 is 13.6. The van der Waals surface area contributed by atoms with Gasteiger partial charge in [-0.25, -0.2) is 9.37 Å². The minimum Gasteiger partial charge on any atom is -0.361 e. The van der Waals surface area contributed by atoms with Crippen molar-refractivity contribution in [3.8, 4) is 0 Å². The number of nitrogens with zero attached hydrogens (tertiary/aromatic N) is 2. The van der Waals surface area contributed by atoms with Gasteiger partial charge in [0.1, 0.15) is 11.6 Å². The lowest BCUT2D eigenvalue weighted by Gasteiger charge is -2.28. The number of aromatic nitrogens is 3. The van der Waals surface area contributed by atoms with Crippen molar-refractivity contribution in [2.45, 2.75) is 45.7 Å². The van der Waals surface area contributed by atoms with Crippen LogP contribution >= 0.6 is 0 Å². The molecule has 0 fully saturated rings. The number of H-pyrrole nitrogens is 2. The molecule has 2 N–H and O–H groups in total. The average Bonchev–Trinajstić information content (AvgIpc) is 2.96. The van der Waals surface area contributed by atoms with E-state index in [1.807, 2.05) is 27.0 Å². The molecule has 1 aliphatic heterocycles. The molecule has 6 heteroatoms. The van der Waals surface area contributed by atoms with E-state index in [4.69, 9.17) is 4.98 Å². The van der Waals surface area contributed by atoms with Crippen LogP contribution in [0.15, 0.2) is 29.2 Å². The molecule has 26 heavy (non-hydrogen) atoms. The zero-order chi connectivity index (χ0) is 18.5. The standard InChI is InChI=1S/C20H23FN4O/c1-20(2,3)19-23-17-11-25(7-6-14(17)18(26)24-19)10-12-9-22-16-5-4-13(21)8-15(12)16/h4-5,8-9,22H,6-7,10-11H2,1-3H3,(H,23,24,26). The average molecular weight is 354 g/mol. The van der Waals surface area contributed by atoms with Crippen molar-refractivity contribution in [2.75, 3.05) is 6.54 Å². The van der Waals surface area contributed by atoms with E-state index in [9.17, 15) is 9.18 Å². The van der Waals surface area contributed by atoms with E-state index in [0.29, 0.717) is 19.5 Å². The molecule has 2 aromatic heterocycles. The van der Waals surface area contributed by atoms with Crippen LogP contribution in [0.3, 0.4) is 0 Å². The molecule has 1 aromatic carbocycles. The van der Waals surface area contributed by atoms with Crippen molar-refractivity contribution in [2.24, 2.45) is 0 Å². The molecular weight excluding hydrogens is 331 g/mol. The van der Waals surface area contributed by atoms with Crippen LogP contribution < -0.4 is 5.56 Å². The minimum atomic E-state index is -0.231. The molecule has 3 heterocycles. The lowest BCUT2D eigenvalue weighted by molar-refractivity contribution is 0.240. The Bertz CT molecular complexity index is 1030. The van der Waals surface area contributed by atoms with E-state index in [2.05, 4.69) is 14.9 Å². The van der Waals surface area contributed by atoms with E-state index in [-0.39, 0.29) is 16.8 Å². The number of nitrogens with one attached hydrogen (secondary N) is 2. The van der Waals surface area contributed by atoms with Crippen molar-refractivity contribution < 1.29 is 4.39 Å². The van der Waals surface area contributed by atoms with Crippen LogP contribution in [0, 0.1) is 5.82 Å². The van der Waals surface area contributed by atoms with Gasteiger partial charge in [-0.05, 0) is 30.2 Å². The Labute approximate surface area is 151 Å². The van der Waals surface area contributed by atoms with Gasteiger partial charge in [-0.3, -0.25) is 9.69 Å². The Balaban J connectivity index is 1.63. The quantitative estimate of drug-likeness (QED) is 0.742. The Morgan fingerprint density at radius 1 is 1.31 bits per heavy atom. The Kier molecular flexibility index (Phi) is 3.95. The van der Waals surface area contributed by atoms with Crippen molar-refractivity contribution in [3.63, 3.8) is 0 Å². The summed E-state index contributed by atoms with van der Waals surface area (Å²) in [5.74, 6) is 0.489. The maximum atomic E-state index is 13.6. The first-order valence-electron chi connectivity index (χ1n) is 8.92. The Morgan fingerprint density at radius 2 is 2.12 bits per heavy atom. The number of rotatable bonds is 2. The third-order valence-electron chi connectivity index (χ3n) is 4.99. The lowest BCUT2D eigenvalue weighted by atomic mass is 9.95. The summed E-state index contributed by atoms with van der Waals surface area (Å²) in [7, 11) is 0. The number of hydrogen-bond acceptors (Lipinski definition) is 3. The molecule has 0 bridgehead atoms. The molecule has 5 nitrogen and oxygen atoms in total. The summed E-state index contributed by atoms with van der Waals surface area (Å²) in [5, 5.41) is 0.907. The summed E-state index contributed by atoms with van der Waals surface area (Å²) in [4.78, 5) is 25.5. The van der Waals surface area contributed by atoms with Crippen LogP contribution in [0.4, 0.5) is 4.39 Å². The van der Waals surface area contributed by atoms with Crippen LogP contribution in [0.5, 0.6) is 0 Å². The van der Waals surface area contributed by atoms with Crippen molar-refractivity contribution in [3.05, 3.63) is 63.2 Å². The molecule has 0 saturated heterocycles. The van der Waals surface area contributed by atoms with E-state index >= 15 is 0 Å². The fraction of sp³-hybridized carbons (Fsp3) is 0.400. The molecule has 0 amide bonds. The molecule has 0 saturated carbocycles. The topological polar surface area (TPSA) is 64.8 Å². The van der Waals surface area contributed by atoms with E-state index in [0.717, 1.165) is 40.1 Å². The van der Waals surface area contributed by atoms with Crippen molar-refractivity contribution in [1.29, 1.82) is 0 Å². The molecule has 136 valence electrons. The number of halogens is 1. The molecule has 0 unspecified atom stereocenters. The highest BCUT2D eigenvalue weighted by atomic mass is 19.1. The number of fused-ring (bicyclic) bond motifs is 2. The lowest BCUT2D eigenvalue weighted by Crippen LogP contribution is -2.36. The first-order chi connectivity index (χ1) is 12.3. The van der Waals surface area contributed by atoms with E-state index in [1.165, 1.54) is 6.07 Å². The minimum absolute atomic E-state index is 0.0197. The second-order valence-corrected chi connectivity index (χ2v) is 8.05. The Morgan fingerprint density at radius 3 is 2.88 bits per heavy atom. The van der Waals surface area contributed by atoms with Crippen LogP contribution in [-0.2, 0) is 24.9 Å². The van der Waals surface area contributed by atoms with E-state index in [1.54, 1.807) is 12.1 Å². The molecule has 4 rings (SSSR count). The molecular formula is C20H23FN4O. The van der Waals surface area contributed by atoms with Gasteiger partial charge in [0.15, 0.2) is 0 Å². The molecule has 0 atom stereocenters. The fourth-order valence-corrected chi connectivity index (χ4v) is 3.51. The number of benzene rings is 1. The van der Waals surface area contributed by atoms with Gasteiger partial charge < -0.3 is 9.97 Å². The number of hydrogen-bond donors (Lipinski definition) is 2. The van der Waals surface area contributed by atoms with Crippen LogP contribution in [0.2, 0.25) is 0 Å². The van der Waals surface area contributed by atoms with Gasteiger partial charge in [0, 0.05) is 47.7 Å². The number of aromatic amines is 2. The molecule has 0 aliphatic carbocycles. The van der Waals surface area contributed by atoms with E-state index < -0.39 is 0 Å². The van der Waals surface area contributed by atoms with Crippen molar-refractivity contribution >= 4 is 10.9 Å². The van der Waals surface area contributed by atoms with Crippen LogP contribution in [-0.4, -0.2) is 26.4 Å². The fourth-order valence-electron chi connectivity index (χ4n) is 3.51. The van der Waals surface area contributed by atoms with Gasteiger partial charge in [-0.15, -0.1) is 0 Å². The molecule has 0 spiro atoms. The largest absolute Gasteiger partial charge is 0.361 e. The smallest absolute Gasteiger partial charge is 0.254 e. The third-order valence-corrected chi connectivity index (χ3v) is 4.99. The molecule has 1 aliphatic rings. The molecule has 0 radical (unpaired) electrons. The maximum Gasteiger partial charge on any atom is 0.254 e. The van der Waals surface area contributed by atoms with Crippen molar-refractivity contribution in [1.82, 2.24) is 19.9 Å². The second kappa shape index (κ2) is 6.06. The molecule has 3 aromatic rings. The first kappa shape index (κ1) is 17.0. The SMILES string of the molecule is CC(C)(C)c1nc2c(c(=O)[nH]1)CCN(Cc1c[nH]c3ccc(F)cc13)C2. The zero-order valence-corrected chi connectivity index (χ0v) is 15.3. The third kappa shape index (κ3) is 3.05. The summed E-state index contributed by atoms with van der Waals surface area (Å²) >= 11 is 0. The second-order valence-electron chi connectivity index (χ2n) is 8.05. The summed E-state index contributed by atoms with van der Waals surface area (Å²) in [6, 6.07) is 4.79. The van der Waals surface area contributed by atoms with Crippen LogP contribution in [0.25, 0.3) is 10.9 Å². The normalized spacial score (nSPS) is 15.4. The highest BCUT2D eigenvalue weighted by molar-refractivity contribution is 5.83. The predicted octanol–water partition coefficient (Wildman–Crippen LogP) is 3.25. The summed E-state index contributed by atoms with van der Waals surface area (Å²) in [6.45, 7) is 8.23. The summed E-state index contributed by atoms with van der Waals surface area (Å²) in [6.07, 6.45) is 2.62.